The highest BCUT2D eigenvalue weighted by Gasteiger charge is 2.13. The minimum Gasteiger partial charge on any atom is -0.406 e. The molecule has 1 N–H and O–H groups in total. The van der Waals surface area contributed by atoms with E-state index in [0.29, 0.717) is 11.3 Å². The number of pyridine rings is 1. The second-order valence-corrected chi connectivity index (χ2v) is 5.74. The van der Waals surface area contributed by atoms with Crippen LogP contribution in [0.5, 0.6) is 0 Å². The van der Waals surface area contributed by atoms with Crippen molar-refractivity contribution >= 4 is 11.6 Å². The van der Waals surface area contributed by atoms with Crippen LogP contribution in [0.25, 0.3) is 0 Å². The lowest BCUT2D eigenvalue weighted by Gasteiger charge is -2.11. The second kappa shape index (κ2) is 7.65. The highest BCUT2D eigenvalue weighted by Crippen LogP contribution is 2.10. The fourth-order valence-corrected chi connectivity index (χ4v) is 2.43. The van der Waals surface area contributed by atoms with Crippen molar-refractivity contribution in [2.75, 3.05) is 5.32 Å². The molecule has 3 aromatic rings. The highest BCUT2D eigenvalue weighted by atomic mass is 19.1. The lowest BCUT2D eigenvalue weighted by atomic mass is 10.2. The van der Waals surface area contributed by atoms with Crippen molar-refractivity contribution in [2.24, 2.45) is 0 Å². The van der Waals surface area contributed by atoms with Crippen LogP contribution in [0.1, 0.15) is 21.5 Å². The van der Waals surface area contributed by atoms with Gasteiger partial charge in [0, 0.05) is 17.4 Å². The summed E-state index contributed by atoms with van der Waals surface area (Å²) in [5.41, 5.74) is 1.21. The van der Waals surface area contributed by atoms with E-state index in [1.807, 2.05) is 19.1 Å². The molecule has 0 saturated heterocycles. The zero-order chi connectivity index (χ0) is 18.5. The minimum absolute atomic E-state index is 0.0671. The molecule has 0 aliphatic heterocycles. The molecule has 5 nitrogen and oxygen atoms in total. The predicted octanol–water partition coefficient (Wildman–Crippen LogP) is 3.18. The van der Waals surface area contributed by atoms with Crippen LogP contribution in [0.2, 0.25) is 0 Å². The monoisotopic (exact) mass is 352 g/mol. The summed E-state index contributed by atoms with van der Waals surface area (Å²) in [6, 6.07) is 16.3. The van der Waals surface area contributed by atoms with Crippen LogP contribution in [0.3, 0.4) is 0 Å². The van der Waals surface area contributed by atoms with Gasteiger partial charge < -0.3 is 10.2 Å². The van der Waals surface area contributed by atoms with Gasteiger partial charge in [0.25, 0.3) is 11.5 Å². The average Bonchev–Trinajstić information content (AvgIpc) is 2.62. The fourth-order valence-electron chi connectivity index (χ4n) is 2.43. The van der Waals surface area contributed by atoms with Crippen LogP contribution in [0.4, 0.5) is 10.1 Å². The van der Waals surface area contributed by atoms with Crippen molar-refractivity contribution in [2.45, 2.75) is 13.5 Å². The van der Waals surface area contributed by atoms with Gasteiger partial charge in [0.2, 0.25) is 0 Å². The number of aromatic nitrogens is 1. The van der Waals surface area contributed by atoms with E-state index in [9.17, 15) is 14.0 Å². The number of carbonyl (C=O) groups excluding carboxylic acids is 1. The van der Waals surface area contributed by atoms with Crippen LogP contribution in [-0.2, 0) is 6.61 Å². The van der Waals surface area contributed by atoms with E-state index in [4.69, 9.17) is 4.84 Å². The molecule has 2 aromatic carbocycles. The van der Waals surface area contributed by atoms with E-state index < -0.39 is 17.3 Å². The molecule has 1 aromatic heterocycles. The number of benzene rings is 2. The Balaban J connectivity index is 1.77. The molecule has 1 amide bonds. The average molecular weight is 352 g/mol. The Bertz CT molecular complexity index is 998. The number of rotatable bonds is 5. The summed E-state index contributed by atoms with van der Waals surface area (Å²) in [6.45, 7) is 1.78. The molecule has 0 fully saturated rings. The topological polar surface area (TPSA) is 60.3 Å². The zero-order valence-electron chi connectivity index (χ0n) is 14.1. The molecular weight excluding hydrogens is 335 g/mol. The smallest absolute Gasteiger partial charge is 0.295 e. The first-order valence-corrected chi connectivity index (χ1v) is 8.01. The summed E-state index contributed by atoms with van der Waals surface area (Å²) in [5, 5.41) is 2.68. The first-order chi connectivity index (χ1) is 12.5. The van der Waals surface area contributed by atoms with Crippen LogP contribution >= 0.6 is 0 Å². The van der Waals surface area contributed by atoms with Gasteiger partial charge in [-0.25, -0.2) is 4.39 Å². The van der Waals surface area contributed by atoms with Crippen molar-refractivity contribution in [3.63, 3.8) is 0 Å². The van der Waals surface area contributed by atoms with Crippen LogP contribution in [0, 0.1) is 12.7 Å². The van der Waals surface area contributed by atoms with Crippen molar-refractivity contribution in [3.8, 4) is 0 Å². The Kier molecular flexibility index (Phi) is 5.12. The number of nitrogens with zero attached hydrogens (tertiary/aromatic N) is 1. The van der Waals surface area contributed by atoms with Crippen molar-refractivity contribution in [1.29, 1.82) is 0 Å². The van der Waals surface area contributed by atoms with Gasteiger partial charge in [0.05, 0.1) is 0 Å². The molecule has 26 heavy (non-hydrogen) atoms. The molecular formula is C20H17FN2O3. The number of carbonyl (C=O) groups is 1. The van der Waals surface area contributed by atoms with E-state index in [0.717, 1.165) is 10.3 Å². The maximum Gasteiger partial charge on any atom is 0.295 e. The molecule has 6 heteroatoms. The standard InChI is InChI=1S/C20H17FN2O3/c1-14-6-4-8-16(12-14)22-19(24)17-9-5-11-23(20(17)25)26-13-15-7-2-3-10-18(15)21/h2-12H,13H2,1H3,(H,22,24). The van der Waals surface area contributed by atoms with Gasteiger partial charge in [-0.15, -0.1) is 0 Å². The SMILES string of the molecule is Cc1cccc(NC(=O)c2cccn(OCc3ccccc3F)c2=O)c1. The molecule has 0 saturated carbocycles. The van der Waals surface area contributed by atoms with Gasteiger partial charge in [-0.05, 0) is 42.8 Å². The van der Waals surface area contributed by atoms with Gasteiger partial charge in [-0.1, -0.05) is 30.3 Å². The fraction of sp³-hybridized carbons (Fsp3) is 0.100. The Labute approximate surface area is 149 Å². The molecule has 0 aliphatic rings. The van der Waals surface area contributed by atoms with Crippen LogP contribution in [0.15, 0.2) is 71.7 Å². The highest BCUT2D eigenvalue weighted by molar-refractivity contribution is 6.03. The van der Waals surface area contributed by atoms with Crippen molar-refractivity contribution in [3.05, 3.63) is 99.7 Å². The minimum atomic E-state index is -0.617. The number of hydrogen-bond acceptors (Lipinski definition) is 3. The van der Waals surface area contributed by atoms with E-state index in [1.165, 1.54) is 24.4 Å². The number of halogens is 1. The first kappa shape index (κ1) is 17.4. The molecule has 0 radical (unpaired) electrons. The third kappa shape index (κ3) is 3.97. The number of amides is 1. The summed E-state index contributed by atoms with van der Waals surface area (Å²) in [5.74, 6) is -0.960. The van der Waals surface area contributed by atoms with Crippen molar-refractivity contribution < 1.29 is 14.0 Å². The van der Waals surface area contributed by atoms with E-state index in [1.54, 1.807) is 30.3 Å². The van der Waals surface area contributed by atoms with Crippen molar-refractivity contribution in [1.82, 2.24) is 4.73 Å². The predicted molar refractivity (Wildman–Crippen MR) is 96.5 cm³/mol. The van der Waals surface area contributed by atoms with Gasteiger partial charge >= 0.3 is 0 Å². The summed E-state index contributed by atoms with van der Waals surface area (Å²) >= 11 is 0. The normalized spacial score (nSPS) is 10.4. The molecule has 0 spiro atoms. The molecule has 3 rings (SSSR count). The summed E-state index contributed by atoms with van der Waals surface area (Å²) in [7, 11) is 0. The first-order valence-electron chi connectivity index (χ1n) is 8.01. The zero-order valence-corrected chi connectivity index (χ0v) is 14.1. The number of hydrogen-bond donors (Lipinski definition) is 1. The quantitative estimate of drug-likeness (QED) is 0.767. The molecule has 0 aliphatic carbocycles. The Morgan fingerprint density at radius 3 is 2.69 bits per heavy atom. The molecule has 0 unspecified atom stereocenters. The largest absolute Gasteiger partial charge is 0.406 e. The number of aryl methyl sites for hydroxylation is 1. The Morgan fingerprint density at radius 2 is 1.92 bits per heavy atom. The van der Waals surface area contributed by atoms with Crippen LogP contribution in [-0.4, -0.2) is 10.6 Å². The van der Waals surface area contributed by atoms with E-state index in [2.05, 4.69) is 5.32 Å². The third-order valence-corrected chi connectivity index (χ3v) is 3.75. The number of nitrogens with one attached hydrogen (secondary N) is 1. The Morgan fingerprint density at radius 1 is 1.12 bits per heavy atom. The van der Waals surface area contributed by atoms with E-state index >= 15 is 0 Å². The number of anilines is 1. The molecule has 0 bridgehead atoms. The van der Waals surface area contributed by atoms with Gasteiger partial charge in [0.15, 0.2) is 0 Å². The summed E-state index contributed by atoms with van der Waals surface area (Å²) in [4.78, 5) is 30.2. The summed E-state index contributed by atoms with van der Waals surface area (Å²) < 4.78 is 14.6. The van der Waals surface area contributed by atoms with E-state index in [-0.39, 0.29) is 12.2 Å². The molecule has 132 valence electrons. The van der Waals surface area contributed by atoms with Crippen LogP contribution < -0.4 is 15.7 Å². The third-order valence-electron chi connectivity index (χ3n) is 3.75. The lowest BCUT2D eigenvalue weighted by molar-refractivity contribution is 0.0847. The molecule has 1 heterocycles. The van der Waals surface area contributed by atoms with Gasteiger partial charge in [-0.2, -0.15) is 4.73 Å². The maximum absolute atomic E-state index is 13.6. The molecule has 0 atom stereocenters. The maximum atomic E-state index is 13.6. The Hall–Kier alpha value is -3.41. The van der Waals surface area contributed by atoms with Gasteiger partial charge in [-0.3, -0.25) is 9.59 Å². The summed E-state index contributed by atoms with van der Waals surface area (Å²) in [6.07, 6.45) is 1.38. The van der Waals surface area contributed by atoms with Gasteiger partial charge in [0.1, 0.15) is 18.0 Å². The second-order valence-electron chi connectivity index (χ2n) is 5.74. The lowest BCUT2D eigenvalue weighted by Crippen LogP contribution is -2.32.